The molecule has 0 atom stereocenters. The van der Waals surface area contributed by atoms with Gasteiger partial charge in [0.15, 0.2) is 0 Å². The first-order valence-corrected chi connectivity index (χ1v) is 6.22. The number of rotatable bonds is 3. The molecule has 0 N–H and O–H groups in total. The SMILES string of the molecule is CC(C)(C)OC(=O)C(C#N)=Cc1ccccc1OC(F)(F)F. The zero-order valence-electron chi connectivity index (χ0n) is 12.2. The van der Waals surface area contributed by atoms with Crippen molar-refractivity contribution < 1.29 is 27.4 Å². The summed E-state index contributed by atoms with van der Waals surface area (Å²) in [6, 6.07) is 6.80. The Kier molecular flexibility index (Phi) is 5.20. The van der Waals surface area contributed by atoms with Gasteiger partial charge in [-0.25, -0.2) is 4.79 Å². The van der Waals surface area contributed by atoms with Crippen molar-refractivity contribution in [1.82, 2.24) is 0 Å². The monoisotopic (exact) mass is 313 g/mol. The third-order valence-corrected chi connectivity index (χ3v) is 2.18. The molecular weight excluding hydrogens is 299 g/mol. The molecule has 118 valence electrons. The number of nitriles is 1. The van der Waals surface area contributed by atoms with Crippen LogP contribution in [0.5, 0.6) is 5.75 Å². The lowest BCUT2D eigenvalue weighted by molar-refractivity contribution is -0.274. The number of carbonyl (C=O) groups is 1. The molecule has 0 radical (unpaired) electrons. The van der Waals surface area contributed by atoms with Crippen molar-refractivity contribution in [2.75, 3.05) is 0 Å². The second-order valence-electron chi connectivity index (χ2n) is 5.26. The van der Waals surface area contributed by atoms with Gasteiger partial charge in [-0.1, -0.05) is 18.2 Å². The lowest BCUT2D eigenvalue weighted by Gasteiger charge is -2.19. The van der Waals surface area contributed by atoms with E-state index in [9.17, 15) is 18.0 Å². The average Bonchev–Trinajstić information content (AvgIpc) is 2.33. The highest BCUT2D eigenvalue weighted by molar-refractivity contribution is 5.98. The molecule has 1 aromatic carbocycles. The molecule has 0 heterocycles. The van der Waals surface area contributed by atoms with Crippen LogP contribution in [0.4, 0.5) is 13.2 Å². The summed E-state index contributed by atoms with van der Waals surface area (Å²) >= 11 is 0. The molecular formula is C15H14F3NO3. The smallest absolute Gasteiger partial charge is 0.456 e. The quantitative estimate of drug-likeness (QED) is 0.483. The van der Waals surface area contributed by atoms with Crippen LogP contribution in [-0.2, 0) is 9.53 Å². The van der Waals surface area contributed by atoms with Crippen molar-refractivity contribution in [3.8, 4) is 11.8 Å². The van der Waals surface area contributed by atoms with Gasteiger partial charge in [0, 0.05) is 5.56 Å². The van der Waals surface area contributed by atoms with Crippen molar-refractivity contribution in [3.63, 3.8) is 0 Å². The van der Waals surface area contributed by atoms with Gasteiger partial charge in [-0.05, 0) is 32.9 Å². The van der Waals surface area contributed by atoms with Crippen molar-refractivity contribution in [2.24, 2.45) is 0 Å². The van der Waals surface area contributed by atoms with Crippen LogP contribution in [0.15, 0.2) is 29.8 Å². The molecule has 0 aromatic heterocycles. The van der Waals surface area contributed by atoms with E-state index >= 15 is 0 Å². The minimum absolute atomic E-state index is 0.0535. The number of benzene rings is 1. The van der Waals surface area contributed by atoms with Gasteiger partial charge in [0.2, 0.25) is 0 Å². The van der Waals surface area contributed by atoms with E-state index in [0.717, 1.165) is 12.1 Å². The molecule has 0 saturated heterocycles. The predicted octanol–water partition coefficient (Wildman–Crippen LogP) is 3.83. The first kappa shape index (κ1) is 17.6. The van der Waals surface area contributed by atoms with E-state index in [1.54, 1.807) is 26.8 Å². The number of carbonyl (C=O) groups excluding carboxylic acids is 1. The van der Waals surface area contributed by atoms with E-state index in [1.165, 1.54) is 18.2 Å². The standard InChI is InChI=1S/C15H14F3NO3/c1-14(2,3)22-13(20)11(9-19)8-10-6-4-5-7-12(10)21-15(16,17)18/h4-8H,1-3H3. The van der Waals surface area contributed by atoms with E-state index in [1.807, 2.05) is 0 Å². The van der Waals surface area contributed by atoms with Crippen molar-refractivity contribution in [1.29, 1.82) is 5.26 Å². The fourth-order valence-electron chi connectivity index (χ4n) is 1.44. The van der Waals surface area contributed by atoms with E-state index in [0.29, 0.717) is 0 Å². The molecule has 4 nitrogen and oxygen atoms in total. The highest BCUT2D eigenvalue weighted by Gasteiger charge is 2.32. The molecule has 0 bridgehead atoms. The number of hydrogen-bond acceptors (Lipinski definition) is 4. The summed E-state index contributed by atoms with van der Waals surface area (Å²) in [5.41, 5.74) is -1.30. The summed E-state index contributed by atoms with van der Waals surface area (Å²) in [6.07, 6.45) is -3.88. The summed E-state index contributed by atoms with van der Waals surface area (Å²) in [6.45, 7) is 4.84. The second-order valence-corrected chi connectivity index (χ2v) is 5.26. The molecule has 7 heteroatoms. The third-order valence-electron chi connectivity index (χ3n) is 2.18. The average molecular weight is 313 g/mol. The Bertz CT molecular complexity index is 622. The van der Waals surface area contributed by atoms with Gasteiger partial charge in [-0.15, -0.1) is 13.2 Å². The maximum atomic E-state index is 12.3. The Balaban J connectivity index is 3.14. The maximum absolute atomic E-state index is 12.3. The molecule has 0 saturated carbocycles. The zero-order chi connectivity index (χ0) is 17.0. The predicted molar refractivity (Wildman–Crippen MR) is 72.6 cm³/mol. The van der Waals surface area contributed by atoms with Crippen LogP contribution in [0, 0.1) is 11.3 Å². The lowest BCUT2D eigenvalue weighted by atomic mass is 10.1. The summed E-state index contributed by atoms with van der Waals surface area (Å²) in [5.74, 6) is -1.43. The number of hydrogen-bond donors (Lipinski definition) is 0. The van der Waals surface area contributed by atoms with Crippen LogP contribution >= 0.6 is 0 Å². The maximum Gasteiger partial charge on any atom is 0.573 e. The Morgan fingerprint density at radius 2 is 1.82 bits per heavy atom. The Labute approximate surface area is 125 Å². The molecule has 0 fully saturated rings. The van der Waals surface area contributed by atoms with E-state index in [-0.39, 0.29) is 5.56 Å². The normalized spacial score (nSPS) is 12.5. The van der Waals surface area contributed by atoms with Crippen LogP contribution < -0.4 is 4.74 Å². The Morgan fingerprint density at radius 3 is 2.32 bits per heavy atom. The molecule has 1 aromatic rings. The van der Waals surface area contributed by atoms with Gasteiger partial charge in [0.05, 0.1) is 0 Å². The van der Waals surface area contributed by atoms with Crippen LogP contribution in [0.2, 0.25) is 0 Å². The van der Waals surface area contributed by atoms with Crippen LogP contribution in [0.3, 0.4) is 0 Å². The number of nitrogens with zero attached hydrogens (tertiary/aromatic N) is 1. The van der Waals surface area contributed by atoms with Crippen LogP contribution in [0.1, 0.15) is 26.3 Å². The largest absolute Gasteiger partial charge is 0.573 e. The lowest BCUT2D eigenvalue weighted by Crippen LogP contribution is -2.24. The minimum Gasteiger partial charge on any atom is -0.456 e. The van der Waals surface area contributed by atoms with Gasteiger partial charge < -0.3 is 9.47 Å². The first-order valence-electron chi connectivity index (χ1n) is 6.22. The summed E-state index contributed by atoms with van der Waals surface area (Å²) < 4.78 is 45.8. The molecule has 0 aliphatic heterocycles. The second kappa shape index (κ2) is 6.52. The highest BCUT2D eigenvalue weighted by atomic mass is 19.4. The molecule has 0 unspecified atom stereocenters. The van der Waals surface area contributed by atoms with E-state index in [2.05, 4.69) is 4.74 Å². The molecule has 22 heavy (non-hydrogen) atoms. The van der Waals surface area contributed by atoms with Crippen LogP contribution in [0.25, 0.3) is 6.08 Å². The Hall–Kier alpha value is -2.49. The number of esters is 1. The van der Waals surface area contributed by atoms with Crippen LogP contribution in [-0.4, -0.2) is 17.9 Å². The highest BCUT2D eigenvalue weighted by Crippen LogP contribution is 2.28. The van der Waals surface area contributed by atoms with Gasteiger partial charge in [-0.3, -0.25) is 0 Å². The molecule has 1 rings (SSSR count). The summed E-state index contributed by atoms with van der Waals surface area (Å²) in [7, 11) is 0. The molecule has 0 aliphatic carbocycles. The zero-order valence-corrected chi connectivity index (χ0v) is 12.2. The first-order chi connectivity index (χ1) is 10.0. The van der Waals surface area contributed by atoms with E-state index in [4.69, 9.17) is 10.00 Å². The Morgan fingerprint density at radius 1 is 1.23 bits per heavy atom. The van der Waals surface area contributed by atoms with Gasteiger partial charge in [0.1, 0.15) is 23.0 Å². The number of ether oxygens (including phenoxy) is 2. The van der Waals surface area contributed by atoms with Gasteiger partial charge >= 0.3 is 12.3 Å². The number of halogens is 3. The minimum atomic E-state index is -4.87. The summed E-state index contributed by atoms with van der Waals surface area (Å²) in [5, 5.41) is 9.00. The van der Waals surface area contributed by atoms with Gasteiger partial charge in [-0.2, -0.15) is 5.26 Å². The van der Waals surface area contributed by atoms with Crippen molar-refractivity contribution in [2.45, 2.75) is 32.7 Å². The topological polar surface area (TPSA) is 59.3 Å². The molecule has 0 aliphatic rings. The van der Waals surface area contributed by atoms with Crippen molar-refractivity contribution >= 4 is 12.0 Å². The fourth-order valence-corrected chi connectivity index (χ4v) is 1.44. The third kappa shape index (κ3) is 5.87. The molecule has 0 spiro atoms. The molecule has 0 amide bonds. The number of para-hydroxylation sites is 1. The van der Waals surface area contributed by atoms with Crippen molar-refractivity contribution in [3.05, 3.63) is 35.4 Å². The van der Waals surface area contributed by atoms with Gasteiger partial charge in [0.25, 0.3) is 0 Å². The fraction of sp³-hybridized carbons (Fsp3) is 0.333. The number of alkyl halides is 3. The summed E-state index contributed by atoms with van der Waals surface area (Å²) in [4.78, 5) is 11.8. The van der Waals surface area contributed by atoms with E-state index < -0.39 is 29.3 Å².